The van der Waals surface area contributed by atoms with Gasteiger partial charge in [-0.3, -0.25) is 0 Å². The Morgan fingerprint density at radius 3 is 2.23 bits per heavy atom. The second-order valence-corrected chi connectivity index (χ2v) is 12.4. The van der Waals surface area contributed by atoms with Crippen molar-refractivity contribution in [2.75, 3.05) is 5.75 Å². The van der Waals surface area contributed by atoms with Crippen LogP contribution < -0.4 is 0 Å². The fourth-order valence-corrected chi connectivity index (χ4v) is 5.79. The standard InChI is InChI=1S/C30H28F3NO5S/c1-29(2,3)23-8-4-6-19(16-23)7-5-15-40(38,39)34-25-14-13-24(30(31,32)33)17-22(25)18-26(34)27(35)20-9-11-21(12-10-20)28(36)37/h4-14,16-18,27,35H,15H2,1-3H3,(H,36,37). The molecule has 0 radical (unpaired) electrons. The average molecular weight is 572 g/mol. The first-order valence-electron chi connectivity index (χ1n) is 12.3. The fraction of sp³-hybridized carbons (Fsp3) is 0.233. The van der Waals surface area contributed by atoms with Crippen LogP contribution in [0.5, 0.6) is 0 Å². The highest BCUT2D eigenvalue weighted by molar-refractivity contribution is 7.90. The van der Waals surface area contributed by atoms with Gasteiger partial charge >= 0.3 is 12.1 Å². The summed E-state index contributed by atoms with van der Waals surface area (Å²) in [6.45, 7) is 6.18. The number of nitrogens with zero attached hydrogens (tertiary/aromatic N) is 1. The van der Waals surface area contributed by atoms with Crippen molar-refractivity contribution in [3.05, 3.63) is 112 Å². The van der Waals surface area contributed by atoms with Gasteiger partial charge in [-0.05, 0) is 58.5 Å². The van der Waals surface area contributed by atoms with Crippen molar-refractivity contribution in [1.82, 2.24) is 3.97 Å². The van der Waals surface area contributed by atoms with Crippen LogP contribution in [-0.2, 0) is 21.6 Å². The first-order chi connectivity index (χ1) is 18.6. The van der Waals surface area contributed by atoms with E-state index in [4.69, 9.17) is 5.11 Å². The number of carbonyl (C=O) groups is 1. The van der Waals surface area contributed by atoms with Crippen molar-refractivity contribution in [2.24, 2.45) is 0 Å². The number of aromatic nitrogens is 1. The number of hydrogen-bond donors (Lipinski definition) is 2. The van der Waals surface area contributed by atoms with Crippen LogP contribution in [0.4, 0.5) is 13.2 Å². The zero-order valence-electron chi connectivity index (χ0n) is 22.0. The molecule has 0 spiro atoms. The lowest BCUT2D eigenvalue weighted by atomic mass is 9.86. The molecule has 6 nitrogen and oxygen atoms in total. The lowest BCUT2D eigenvalue weighted by molar-refractivity contribution is -0.137. The summed E-state index contributed by atoms with van der Waals surface area (Å²) >= 11 is 0. The monoisotopic (exact) mass is 571 g/mol. The van der Waals surface area contributed by atoms with E-state index in [1.807, 2.05) is 24.3 Å². The number of benzene rings is 3. The molecule has 0 saturated heterocycles. The van der Waals surface area contributed by atoms with Crippen LogP contribution in [0.25, 0.3) is 17.0 Å². The van der Waals surface area contributed by atoms with E-state index in [2.05, 4.69) is 20.8 Å². The Morgan fingerprint density at radius 2 is 1.62 bits per heavy atom. The van der Waals surface area contributed by atoms with Crippen molar-refractivity contribution < 1.29 is 36.6 Å². The molecule has 1 unspecified atom stereocenters. The number of halogens is 3. The van der Waals surface area contributed by atoms with Gasteiger partial charge in [0.15, 0.2) is 0 Å². The Hall–Kier alpha value is -3.89. The van der Waals surface area contributed by atoms with Gasteiger partial charge in [0.1, 0.15) is 6.10 Å². The minimum atomic E-state index is -4.65. The smallest absolute Gasteiger partial charge is 0.416 e. The molecule has 4 aromatic rings. The van der Waals surface area contributed by atoms with Gasteiger partial charge in [-0.2, -0.15) is 13.2 Å². The van der Waals surface area contributed by atoms with Gasteiger partial charge in [0.05, 0.1) is 28.1 Å². The third kappa shape index (κ3) is 6.13. The molecule has 4 rings (SSSR count). The van der Waals surface area contributed by atoms with Crippen LogP contribution in [0.3, 0.4) is 0 Å². The zero-order valence-corrected chi connectivity index (χ0v) is 22.8. The summed E-state index contributed by atoms with van der Waals surface area (Å²) in [6.07, 6.45) is -3.11. The van der Waals surface area contributed by atoms with Gasteiger partial charge in [-0.25, -0.2) is 17.2 Å². The van der Waals surface area contributed by atoms with Crippen molar-refractivity contribution in [2.45, 2.75) is 38.5 Å². The van der Waals surface area contributed by atoms with Crippen molar-refractivity contribution in [3.63, 3.8) is 0 Å². The first-order valence-corrected chi connectivity index (χ1v) is 13.9. The minimum Gasteiger partial charge on any atom is -0.478 e. The molecule has 0 fully saturated rings. The normalized spacial score (nSPS) is 13.7. The molecule has 210 valence electrons. The molecular weight excluding hydrogens is 543 g/mol. The lowest BCUT2D eigenvalue weighted by Crippen LogP contribution is -2.20. The maximum absolute atomic E-state index is 13.6. The van der Waals surface area contributed by atoms with E-state index in [1.54, 1.807) is 6.08 Å². The second-order valence-electron chi connectivity index (χ2n) is 10.5. The van der Waals surface area contributed by atoms with E-state index in [-0.39, 0.29) is 33.1 Å². The van der Waals surface area contributed by atoms with Crippen LogP contribution in [0.1, 0.15) is 65.2 Å². The van der Waals surface area contributed by atoms with E-state index in [1.165, 1.54) is 36.4 Å². The highest BCUT2D eigenvalue weighted by atomic mass is 32.2. The van der Waals surface area contributed by atoms with Crippen molar-refractivity contribution in [1.29, 1.82) is 0 Å². The molecule has 10 heteroatoms. The average Bonchev–Trinajstić information content (AvgIpc) is 3.27. The van der Waals surface area contributed by atoms with Gasteiger partial charge in [-0.1, -0.05) is 69.3 Å². The van der Waals surface area contributed by atoms with E-state index in [0.29, 0.717) is 0 Å². The Balaban J connectivity index is 1.78. The quantitative estimate of drug-likeness (QED) is 0.260. The van der Waals surface area contributed by atoms with Crippen molar-refractivity contribution >= 4 is 33.0 Å². The molecule has 40 heavy (non-hydrogen) atoms. The van der Waals surface area contributed by atoms with E-state index in [9.17, 15) is 31.5 Å². The van der Waals surface area contributed by atoms with E-state index < -0.39 is 39.6 Å². The number of alkyl halides is 3. The van der Waals surface area contributed by atoms with Gasteiger partial charge in [0.25, 0.3) is 0 Å². The molecule has 0 bridgehead atoms. The number of aromatic carboxylic acids is 1. The minimum absolute atomic E-state index is 0.0172. The Morgan fingerprint density at radius 1 is 0.950 bits per heavy atom. The molecular formula is C30H28F3NO5S. The maximum Gasteiger partial charge on any atom is 0.416 e. The van der Waals surface area contributed by atoms with Crippen LogP contribution in [-0.4, -0.2) is 34.3 Å². The molecule has 2 N–H and O–H groups in total. The zero-order chi connectivity index (χ0) is 29.5. The summed E-state index contributed by atoms with van der Waals surface area (Å²) in [6, 6.07) is 16.7. The predicted molar refractivity (Wildman–Crippen MR) is 148 cm³/mol. The first kappa shape index (κ1) is 29.1. The second kappa shape index (κ2) is 10.6. The Kier molecular flexibility index (Phi) is 7.70. The largest absolute Gasteiger partial charge is 0.478 e. The number of carboxylic acids is 1. The van der Waals surface area contributed by atoms with Crippen LogP contribution in [0.15, 0.2) is 78.9 Å². The molecule has 0 aliphatic heterocycles. The summed E-state index contributed by atoms with van der Waals surface area (Å²) in [5.74, 6) is -1.67. The van der Waals surface area contributed by atoms with E-state index in [0.717, 1.165) is 33.3 Å². The number of carboxylic acid groups (broad SMARTS) is 1. The summed E-state index contributed by atoms with van der Waals surface area (Å²) in [7, 11) is -4.21. The fourth-order valence-electron chi connectivity index (χ4n) is 4.36. The highest BCUT2D eigenvalue weighted by Gasteiger charge is 2.32. The third-order valence-electron chi connectivity index (χ3n) is 6.51. The number of hydrogen-bond acceptors (Lipinski definition) is 4. The number of aliphatic hydroxyl groups is 1. The topological polar surface area (TPSA) is 96.6 Å². The summed E-state index contributed by atoms with van der Waals surface area (Å²) in [4.78, 5) is 11.2. The van der Waals surface area contributed by atoms with E-state index >= 15 is 0 Å². The Bertz CT molecular complexity index is 1700. The lowest BCUT2D eigenvalue weighted by Gasteiger charge is -2.19. The molecule has 1 aromatic heterocycles. The highest BCUT2D eigenvalue weighted by Crippen LogP contribution is 2.35. The molecule has 1 heterocycles. The summed E-state index contributed by atoms with van der Waals surface area (Å²) in [5.41, 5.74) is 0.729. The van der Waals surface area contributed by atoms with Crippen LogP contribution in [0, 0.1) is 0 Å². The molecule has 0 saturated carbocycles. The number of fused-ring (bicyclic) bond motifs is 1. The van der Waals surface area contributed by atoms with Crippen molar-refractivity contribution in [3.8, 4) is 0 Å². The molecule has 1 atom stereocenters. The summed E-state index contributed by atoms with van der Waals surface area (Å²) in [5, 5.41) is 20.3. The van der Waals surface area contributed by atoms with Gasteiger partial charge in [0.2, 0.25) is 10.0 Å². The van der Waals surface area contributed by atoms with Crippen LogP contribution in [0.2, 0.25) is 0 Å². The van der Waals surface area contributed by atoms with Crippen LogP contribution >= 0.6 is 0 Å². The predicted octanol–water partition coefficient (Wildman–Crippen LogP) is 6.63. The maximum atomic E-state index is 13.6. The van der Waals surface area contributed by atoms with Gasteiger partial charge in [0, 0.05) is 5.39 Å². The third-order valence-corrected chi connectivity index (χ3v) is 8.09. The molecule has 3 aromatic carbocycles. The summed E-state index contributed by atoms with van der Waals surface area (Å²) < 4.78 is 68.2. The molecule has 0 aliphatic carbocycles. The Labute approximate surface area is 230 Å². The molecule has 0 amide bonds. The number of rotatable bonds is 7. The SMILES string of the molecule is CC(C)(C)c1cccc(C=CCS(=O)(=O)n2c(C(O)c3ccc(C(=O)O)cc3)cc3cc(C(F)(F)F)ccc32)c1. The molecule has 0 aliphatic rings. The van der Waals surface area contributed by atoms with Gasteiger partial charge in [-0.15, -0.1) is 0 Å². The number of aliphatic hydroxyl groups excluding tert-OH is 1. The van der Waals surface area contributed by atoms with Gasteiger partial charge < -0.3 is 10.2 Å².